The Morgan fingerprint density at radius 2 is 2.04 bits per heavy atom. The van der Waals surface area contributed by atoms with Gasteiger partial charge in [0.15, 0.2) is 5.69 Å². The first-order chi connectivity index (χ1) is 12.6. The van der Waals surface area contributed by atoms with Gasteiger partial charge < -0.3 is 15.4 Å². The lowest BCUT2D eigenvalue weighted by molar-refractivity contribution is 0.0958. The molecule has 0 radical (unpaired) electrons. The molecule has 0 spiro atoms. The number of amides is 1. The summed E-state index contributed by atoms with van der Waals surface area (Å²) in [5.74, 6) is 0.627. The van der Waals surface area contributed by atoms with Gasteiger partial charge >= 0.3 is 0 Å². The third kappa shape index (κ3) is 3.36. The maximum atomic E-state index is 12.8. The highest BCUT2D eigenvalue weighted by atomic mass is 16.5. The molecule has 0 aliphatic heterocycles. The van der Waals surface area contributed by atoms with Gasteiger partial charge in [0.05, 0.1) is 25.2 Å². The summed E-state index contributed by atoms with van der Waals surface area (Å²) in [6, 6.07) is 8.26. The predicted molar refractivity (Wildman–Crippen MR) is 95.1 cm³/mol. The lowest BCUT2D eigenvalue weighted by Gasteiger charge is -2.11. The second-order valence-corrected chi connectivity index (χ2v) is 5.15. The zero-order valence-corrected chi connectivity index (χ0v) is 14.1. The summed E-state index contributed by atoms with van der Waals surface area (Å²) in [7, 11) is 3.03. The van der Waals surface area contributed by atoms with Gasteiger partial charge in [-0.2, -0.15) is 5.10 Å². The fourth-order valence-corrected chi connectivity index (χ4v) is 2.27. The Hall–Kier alpha value is -3.75. The Balaban J connectivity index is 1.98. The number of hydrogen-bond donors (Lipinski definition) is 2. The Labute approximate surface area is 148 Å². The number of nitrogens with zero attached hydrogens (tertiary/aromatic N) is 4. The summed E-state index contributed by atoms with van der Waals surface area (Å²) in [6.45, 7) is 0. The predicted octanol–water partition coefficient (Wildman–Crippen LogP) is 1.13. The van der Waals surface area contributed by atoms with Gasteiger partial charge in [0.2, 0.25) is 0 Å². The van der Waals surface area contributed by atoms with E-state index in [1.54, 1.807) is 43.6 Å². The molecule has 3 heterocycles. The van der Waals surface area contributed by atoms with Crippen molar-refractivity contribution in [3.63, 3.8) is 0 Å². The van der Waals surface area contributed by atoms with E-state index in [4.69, 9.17) is 4.74 Å². The molecule has 0 fully saturated rings. The number of carbonyl (C=O) groups excluding carboxylic acids is 1. The van der Waals surface area contributed by atoms with Crippen molar-refractivity contribution in [2.75, 3.05) is 19.5 Å². The minimum atomic E-state index is -0.409. The van der Waals surface area contributed by atoms with Crippen LogP contribution in [0.5, 0.6) is 5.75 Å². The quantitative estimate of drug-likeness (QED) is 0.708. The Morgan fingerprint density at radius 3 is 2.73 bits per heavy atom. The molecule has 2 N–H and O–H groups in total. The maximum Gasteiger partial charge on any atom is 0.279 e. The van der Waals surface area contributed by atoms with Gasteiger partial charge in [0.1, 0.15) is 17.3 Å². The highest BCUT2D eigenvalue weighted by Gasteiger charge is 2.14. The number of methoxy groups -OCH3 is 1. The zero-order chi connectivity index (χ0) is 18.5. The molecule has 0 saturated carbocycles. The molecule has 1 amide bonds. The average Bonchev–Trinajstić information content (AvgIpc) is 2.69. The molecule has 0 unspecified atom stereocenters. The molecule has 0 aliphatic rings. The van der Waals surface area contributed by atoms with Crippen LogP contribution in [-0.4, -0.2) is 39.8 Å². The Bertz CT molecular complexity index is 984. The van der Waals surface area contributed by atoms with Crippen molar-refractivity contribution in [2.45, 2.75) is 0 Å². The summed E-state index contributed by atoms with van der Waals surface area (Å²) in [6.07, 6.45) is 4.56. The van der Waals surface area contributed by atoms with Crippen LogP contribution in [0.25, 0.3) is 5.82 Å². The molecule has 0 aromatic carbocycles. The van der Waals surface area contributed by atoms with Crippen LogP contribution in [0, 0.1) is 0 Å². The number of nitrogens with one attached hydrogen (secondary N) is 2. The summed E-state index contributed by atoms with van der Waals surface area (Å²) in [5.41, 5.74) is 0.400. The molecule has 0 bridgehead atoms. The van der Waals surface area contributed by atoms with E-state index in [9.17, 15) is 9.59 Å². The van der Waals surface area contributed by atoms with Crippen LogP contribution in [0.1, 0.15) is 10.5 Å². The molecule has 26 heavy (non-hydrogen) atoms. The van der Waals surface area contributed by atoms with Crippen molar-refractivity contribution in [2.24, 2.45) is 0 Å². The van der Waals surface area contributed by atoms with Crippen LogP contribution in [-0.2, 0) is 0 Å². The number of rotatable bonds is 5. The molecular weight excluding hydrogens is 336 g/mol. The smallest absolute Gasteiger partial charge is 0.279 e. The molecule has 3 aromatic rings. The molecule has 3 aromatic heterocycles. The first-order valence-electron chi connectivity index (χ1n) is 7.67. The highest BCUT2D eigenvalue weighted by Crippen LogP contribution is 2.17. The summed E-state index contributed by atoms with van der Waals surface area (Å²) in [4.78, 5) is 28.9. The molecule has 132 valence electrons. The largest absolute Gasteiger partial charge is 0.495 e. The number of carbonyl (C=O) groups is 1. The van der Waals surface area contributed by atoms with E-state index >= 15 is 0 Å². The van der Waals surface area contributed by atoms with E-state index in [0.29, 0.717) is 17.3 Å². The number of aromatic nitrogens is 4. The number of pyridine rings is 2. The Kier molecular flexibility index (Phi) is 4.88. The molecule has 0 atom stereocenters. The van der Waals surface area contributed by atoms with Gasteiger partial charge in [-0.1, -0.05) is 0 Å². The van der Waals surface area contributed by atoms with Crippen molar-refractivity contribution in [3.8, 4) is 11.6 Å². The van der Waals surface area contributed by atoms with Gasteiger partial charge in [-0.3, -0.25) is 14.2 Å². The van der Waals surface area contributed by atoms with Gasteiger partial charge in [0, 0.05) is 13.2 Å². The number of ether oxygens (including phenoxy) is 1. The van der Waals surface area contributed by atoms with Gasteiger partial charge in [0.25, 0.3) is 11.5 Å². The summed E-state index contributed by atoms with van der Waals surface area (Å²) >= 11 is 0. The van der Waals surface area contributed by atoms with Crippen molar-refractivity contribution in [1.29, 1.82) is 0 Å². The summed E-state index contributed by atoms with van der Waals surface area (Å²) in [5, 5.41) is 12.9. The molecule has 0 aliphatic carbocycles. The third-order valence-electron chi connectivity index (χ3n) is 3.58. The fourth-order valence-electron chi connectivity index (χ4n) is 2.27. The summed E-state index contributed by atoms with van der Waals surface area (Å²) < 4.78 is 6.46. The topological polar surface area (TPSA) is 111 Å². The zero-order valence-electron chi connectivity index (χ0n) is 14.1. The maximum absolute atomic E-state index is 12.8. The van der Waals surface area contributed by atoms with Crippen molar-refractivity contribution in [3.05, 3.63) is 65.0 Å². The highest BCUT2D eigenvalue weighted by molar-refractivity contribution is 5.97. The van der Waals surface area contributed by atoms with E-state index in [-0.39, 0.29) is 16.9 Å². The van der Waals surface area contributed by atoms with Crippen LogP contribution in [0.15, 0.2) is 53.7 Å². The fraction of sp³-hybridized carbons (Fsp3) is 0.118. The average molecular weight is 352 g/mol. The SMILES string of the molecule is CNC(=O)c1nnccc1Nc1cccn(-c2ccc(OC)cn2)c1=O. The lowest BCUT2D eigenvalue weighted by atomic mass is 10.3. The van der Waals surface area contributed by atoms with E-state index < -0.39 is 5.91 Å². The first kappa shape index (κ1) is 17.1. The normalized spacial score (nSPS) is 10.2. The standard InChI is InChI=1S/C17H16N6O3/c1-18-16(24)15-12(7-8-20-22-15)21-13-4-3-9-23(17(13)25)14-6-5-11(26-2)10-19-14/h3-10H,1-2H3,(H,18,24)(H,20,21). The van der Waals surface area contributed by atoms with Crippen molar-refractivity contribution >= 4 is 17.3 Å². The second-order valence-electron chi connectivity index (χ2n) is 5.15. The van der Waals surface area contributed by atoms with Crippen LogP contribution < -0.4 is 20.9 Å². The van der Waals surface area contributed by atoms with Crippen LogP contribution >= 0.6 is 0 Å². The van der Waals surface area contributed by atoms with Gasteiger partial charge in [-0.15, -0.1) is 5.10 Å². The molecule has 9 heteroatoms. The van der Waals surface area contributed by atoms with Gasteiger partial charge in [-0.05, 0) is 30.3 Å². The molecule has 9 nitrogen and oxygen atoms in total. The van der Waals surface area contributed by atoms with Crippen LogP contribution in [0.3, 0.4) is 0 Å². The van der Waals surface area contributed by atoms with E-state index in [1.807, 2.05) is 0 Å². The van der Waals surface area contributed by atoms with E-state index in [1.165, 1.54) is 24.0 Å². The minimum Gasteiger partial charge on any atom is -0.495 e. The Morgan fingerprint density at radius 1 is 1.19 bits per heavy atom. The van der Waals surface area contributed by atoms with E-state index in [2.05, 4.69) is 25.8 Å². The molecule has 3 rings (SSSR count). The van der Waals surface area contributed by atoms with Crippen molar-refractivity contribution < 1.29 is 9.53 Å². The minimum absolute atomic E-state index is 0.0902. The first-order valence-corrected chi connectivity index (χ1v) is 7.67. The second kappa shape index (κ2) is 7.43. The van der Waals surface area contributed by atoms with E-state index in [0.717, 1.165) is 0 Å². The molecular formula is C17H16N6O3. The van der Waals surface area contributed by atoms with Crippen molar-refractivity contribution in [1.82, 2.24) is 25.1 Å². The third-order valence-corrected chi connectivity index (χ3v) is 3.58. The van der Waals surface area contributed by atoms with Crippen LogP contribution in [0.4, 0.5) is 11.4 Å². The lowest BCUT2D eigenvalue weighted by Crippen LogP contribution is -2.24. The number of anilines is 2. The van der Waals surface area contributed by atoms with Gasteiger partial charge in [-0.25, -0.2) is 4.98 Å². The molecule has 0 saturated heterocycles. The van der Waals surface area contributed by atoms with Crippen LogP contribution in [0.2, 0.25) is 0 Å². The number of hydrogen-bond acceptors (Lipinski definition) is 7. The monoisotopic (exact) mass is 352 g/mol.